The average Bonchev–Trinajstić information content (AvgIpc) is 2.42. The highest BCUT2D eigenvalue weighted by atomic mass is 19.1. The first-order chi connectivity index (χ1) is 9.99. The number of rotatable bonds is 5. The lowest BCUT2D eigenvalue weighted by Gasteiger charge is -2.14. The highest BCUT2D eigenvalue weighted by Crippen LogP contribution is 2.20. The number of hydrogen-bond donors (Lipinski definition) is 2. The highest BCUT2D eigenvalue weighted by Gasteiger charge is 2.17. The van der Waals surface area contributed by atoms with Crippen LogP contribution in [0.4, 0.5) is 13.2 Å². The first-order valence-corrected chi connectivity index (χ1v) is 6.56. The van der Waals surface area contributed by atoms with E-state index in [0.29, 0.717) is 17.7 Å². The summed E-state index contributed by atoms with van der Waals surface area (Å²) in [4.78, 5) is 0. The van der Waals surface area contributed by atoms with Crippen LogP contribution in [-0.4, -0.2) is 11.7 Å². The molecule has 2 rings (SSSR count). The number of hydrogen-bond acceptors (Lipinski definition) is 2. The Morgan fingerprint density at radius 3 is 2.33 bits per heavy atom. The predicted octanol–water partition coefficient (Wildman–Crippen LogP) is 3.24. The van der Waals surface area contributed by atoms with E-state index in [1.165, 1.54) is 12.1 Å². The van der Waals surface area contributed by atoms with Crippen molar-refractivity contribution in [1.29, 1.82) is 0 Å². The molecule has 0 bridgehead atoms. The van der Waals surface area contributed by atoms with Gasteiger partial charge < -0.3 is 10.4 Å². The van der Waals surface area contributed by atoms with Crippen LogP contribution >= 0.6 is 0 Å². The van der Waals surface area contributed by atoms with E-state index in [9.17, 15) is 18.3 Å². The van der Waals surface area contributed by atoms with Crippen LogP contribution in [0.1, 0.15) is 22.8 Å². The van der Waals surface area contributed by atoms with Crippen molar-refractivity contribution in [2.45, 2.75) is 19.6 Å². The predicted molar refractivity (Wildman–Crippen MR) is 74.2 cm³/mol. The van der Waals surface area contributed by atoms with Crippen molar-refractivity contribution < 1.29 is 18.3 Å². The smallest absolute Gasteiger partial charge is 0.131 e. The Kier molecular flexibility index (Phi) is 4.98. The van der Waals surface area contributed by atoms with Gasteiger partial charge in [0.05, 0.1) is 11.7 Å². The van der Waals surface area contributed by atoms with Crippen LogP contribution in [0.25, 0.3) is 0 Å². The first kappa shape index (κ1) is 15.5. The lowest BCUT2D eigenvalue weighted by atomic mass is 10.1. The van der Waals surface area contributed by atoms with Crippen LogP contribution in [0.3, 0.4) is 0 Å². The molecule has 0 saturated heterocycles. The molecule has 2 aromatic rings. The van der Waals surface area contributed by atoms with Gasteiger partial charge in [0.1, 0.15) is 17.5 Å². The van der Waals surface area contributed by atoms with Gasteiger partial charge in [-0.15, -0.1) is 0 Å². The van der Waals surface area contributed by atoms with E-state index in [-0.39, 0.29) is 17.9 Å². The monoisotopic (exact) mass is 295 g/mol. The molecule has 0 aliphatic carbocycles. The molecule has 5 heteroatoms. The zero-order valence-corrected chi connectivity index (χ0v) is 11.5. The molecule has 0 saturated carbocycles. The van der Waals surface area contributed by atoms with E-state index in [4.69, 9.17) is 0 Å². The minimum absolute atomic E-state index is 0.0344. The fourth-order valence-electron chi connectivity index (χ4n) is 2.03. The van der Waals surface area contributed by atoms with Gasteiger partial charge in [0, 0.05) is 13.1 Å². The largest absolute Gasteiger partial charge is 0.387 e. The van der Waals surface area contributed by atoms with Gasteiger partial charge in [0.2, 0.25) is 0 Å². The van der Waals surface area contributed by atoms with Crippen LogP contribution in [0, 0.1) is 24.4 Å². The molecule has 0 aliphatic rings. The van der Waals surface area contributed by atoms with Crippen molar-refractivity contribution in [2.24, 2.45) is 0 Å². The molecule has 2 N–H and O–H groups in total. The summed E-state index contributed by atoms with van der Waals surface area (Å²) in [6, 6.07) is 8.22. The van der Waals surface area contributed by atoms with Crippen LogP contribution in [0.5, 0.6) is 0 Å². The summed E-state index contributed by atoms with van der Waals surface area (Å²) in [5, 5.41) is 12.7. The number of aliphatic hydroxyl groups excluding tert-OH is 1. The third kappa shape index (κ3) is 3.83. The molecule has 1 unspecified atom stereocenters. The second-order valence-corrected chi connectivity index (χ2v) is 4.87. The van der Waals surface area contributed by atoms with Gasteiger partial charge >= 0.3 is 0 Å². The summed E-state index contributed by atoms with van der Waals surface area (Å²) in [7, 11) is 0. The van der Waals surface area contributed by atoms with Gasteiger partial charge in [0.15, 0.2) is 0 Å². The van der Waals surface area contributed by atoms with Gasteiger partial charge in [-0.05, 0) is 36.2 Å². The van der Waals surface area contributed by atoms with E-state index in [1.54, 1.807) is 19.1 Å². The summed E-state index contributed by atoms with van der Waals surface area (Å²) in [6.45, 7) is 1.93. The van der Waals surface area contributed by atoms with Crippen LogP contribution in [0.2, 0.25) is 0 Å². The van der Waals surface area contributed by atoms with Crippen LogP contribution in [-0.2, 0) is 6.54 Å². The molecule has 0 spiro atoms. The maximum atomic E-state index is 13.5. The Balaban J connectivity index is 1.95. The maximum Gasteiger partial charge on any atom is 0.131 e. The Labute approximate surface area is 121 Å². The van der Waals surface area contributed by atoms with Crippen LogP contribution < -0.4 is 5.32 Å². The number of nitrogens with one attached hydrogen (secondary N) is 1. The molecule has 0 amide bonds. The second-order valence-electron chi connectivity index (χ2n) is 4.87. The minimum atomic E-state index is -1.30. The molecule has 21 heavy (non-hydrogen) atoms. The van der Waals surface area contributed by atoms with Gasteiger partial charge in [-0.2, -0.15) is 0 Å². The molecule has 0 aromatic heterocycles. The lowest BCUT2D eigenvalue weighted by molar-refractivity contribution is 0.164. The number of aliphatic hydroxyl groups is 1. The topological polar surface area (TPSA) is 32.3 Å². The van der Waals surface area contributed by atoms with Gasteiger partial charge in [0.25, 0.3) is 0 Å². The van der Waals surface area contributed by atoms with E-state index >= 15 is 0 Å². The van der Waals surface area contributed by atoms with Crippen molar-refractivity contribution in [1.82, 2.24) is 5.32 Å². The zero-order chi connectivity index (χ0) is 15.4. The SMILES string of the molecule is Cc1ccc(CNCC(O)c2c(F)cccc2F)cc1F. The van der Waals surface area contributed by atoms with Gasteiger partial charge in [-0.25, -0.2) is 13.2 Å². The summed E-state index contributed by atoms with van der Waals surface area (Å²) < 4.78 is 40.3. The molecule has 112 valence electrons. The van der Waals surface area contributed by atoms with Crippen molar-refractivity contribution in [3.63, 3.8) is 0 Å². The number of benzene rings is 2. The third-order valence-corrected chi connectivity index (χ3v) is 3.24. The van der Waals surface area contributed by atoms with E-state index in [1.807, 2.05) is 0 Å². The zero-order valence-electron chi connectivity index (χ0n) is 11.5. The summed E-state index contributed by atoms with van der Waals surface area (Å²) in [6.07, 6.45) is -1.30. The fourth-order valence-corrected chi connectivity index (χ4v) is 2.03. The summed E-state index contributed by atoms with van der Waals surface area (Å²) >= 11 is 0. The first-order valence-electron chi connectivity index (χ1n) is 6.56. The van der Waals surface area contributed by atoms with Crippen molar-refractivity contribution in [3.8, 4) is 0 Å². The van der Waals surface area contributed by atoms with Crippen molar-refractivity contribution >= 4 is 0 Å². The van der Waals surface area contributed by atoms with E-state index in [2.05, 4.69) is 5.32 Å². The number of aryl methyl sites for hydroxylation is 1. The summed E-state index contributed by atoms with van der Waals surface area (Å²) in [5.74, 6) is -1.88. The van der Waals surface area contributed by atoms with Crippen molar-refractivity contribution in [2.75, 3.05) is 6.54 Å². The molecule has 1 atom stereocenters. The Bertz CT molecular complexity index is 611. The maximum absolute atomic E-state index is 13.5. The van der Waals surface area contributed by atoms with E-state index in [0.717, 1.165) is 12.1 Å². The third-order valence-electron chi connectivity index (χ3n) is 3.24. The number of halogens is 3. The Morgan fingerprint density at radius 2 is 1.71 bits per heavy atom. The molecule has 0 heterocycles. The molecular weight excluding hydrogens is 279 g/mol. The van der Waals surface area contributed by atoms with Gasteiger partial charge in [-0.1, -0.05) is 18.2 Å². The fraction of sp³-hybridized carbons (Fsp3) is 0.250. The molecule has 2 nitrogen and oxygen atoms in total. The average molecular weight is 295 g/mol. The lowest BCUT2D eigenvalue weighted by Crippen LogP contribution is -2.22. The second kappa shape index (κ2) is 6.74. The Morgan fingerprint density at radius 1 is 1.05 bits per heavy atom. The highest BCUT2D eigenvalue weighted by molar-refractivity contribution is 5.24. The summed E-state index contributed by atoms with van der Waals surface area (Å²) in [5.41, 5.74) is 0.881. The minimum Gasteiger partial charge on any atom is -0.387 e. The van der Waals surface area contributed by atoms with E-state index < -0.39 is 17.7 Å². The van der Waals surface area contributed by atoms with Crippen LogP contribution in [0.15, 0.2) is 36.4 Å². The normalized spacial score (nSPS) is 12.4. The molecule has 0 aliphatic heterocycles. The molecule has 0 radical (unpaired) electrons. The molecule has 2 aromatic carbocycles. The standard InChI is InChI=1S/C16H16F3NO/c1-10-5-6-11(7-14(10)19)8-20-9-15(21)16-12(17)3-2-4-13(16)18/h2-7,15,20-21H,8-9H2,1H3. The Hall–Kier alpha value is -1.85. The molecular formula is C16H16F3NO. The van der Waals surface area contributed by atoms with Gasteiger partial charge in [-0.3, -0.25) is 0 Å². The van der Waals surface area contributed by atoms with Crippen molar-refractivity contribution in [3.05, 3.63) is 70.5 Å². The molecule has 0 fully saturated rings. The quantitative estimate of drug-likeness (QED) is 0.887.